The number of rotatable bonds is 11. The van der Waals surface area contributed by atoms with E-state index >= 15 is 0 Å². The monoisotopic (exact) mass is 531 g/mol. The van der Waals surface area contributed by atoms with Crippen LogP contribution in [0.1, 0.15) is 57.5 Å². The number of carbonyl (C=O) groups excluding carboxylic acids is 1. The fourth-order valence-electron chi connectivity index (χ4n) is 4.66. The van der Waals surface area contributed by atoms with Gasteiger partial charge in [0.15, 0.2) is 6.61 Å². The summed E-state index contributed by atoms with van der Waals surface area (Å²) in [5, 5.41) is 1.15. The third-order valence-corrected chi connectivity index (χ3v) is 7.01. The Labute approximate surface area is 228 Å². The van der Waals surface area contributed by atoms with E-state index in [1.54, 1.807) is 39.8 Å². The lowest BCUT2D eigenvalue weighted by Crippen LogP contribution is -2.40. The molecule has 0 fully saturated rings. The maximum atomic E-state index is 13.9. The number of aryl methyl sites for hydroxylation is 1. The summed E-state index contributed by atoms with van der Waals surface area (Å²) in [6.07, 6.45) is 3.62. The Bertz CT molecular complexity index is 1450. The molecule has 0 aliphatic heterocycles. The quantitative estimate of drug-likeness (QED) is 0.200. The van der Waals surface area contributed by atoms with Gasteiger partial charge in [-0.25, -0.2) is 4.98 Å². The topological polar surface area (TPSA) is 64.4 Å². The van der Waals surface area contributed by atoms with Crippen LogP contribution in [0, 0.1) is 0 Å². The molecule has 38 heavy (non-hydrogen) atoms. The van der Waals surface area contributed by atoms with Gasteiger partial charge in [0.2, 0.25) is 0 Å². The summed E-state index contributed by atoms with van der Waals surface area (Å²) in [6, 6.07) is 21.7. The second-order valence-corrected chi connectivity index (χ2v) is 9.76. The van der Waals surface area contributed by atoms with Gasteiger partial charge in [-0.1, -0.05) is 68.6 Å². The number of hydrogen-bond donors (Lipinski definition) is 0. The van der Waals surface area contributed by atoms with Gasteiger partial charge in [0.25, 0.3) is 11.5 Å². The molecule has 0 bridgehead atoms. The largest absolute Gasteiger partial charge is 0.484 e. The van der Waals surface area contributed by atoms with Crippen LogP contribution in [0.5, 0.6) is 5.75 Å². The lowest BCUT2D eigenvalue weighted by atomic mass is 10.1. The van der Waals surface area contributed by atoms with E-state index in [2.05, 4.69) is 13.8 Å². The molecule has 0 aliphatic carbocycles. The first-order valence-corrected chi connectivity index (χ1v) is 13.6. The summed E-state index contributed by atoms with van der Waals surface area (Å²) in [4.78, 5) is 34.2. The molecule has 7 heteroatoms. The van der Waals surface area contributed by atoms with Crippen molar-refractivity contribution < 1.29 is 9.53 Å². The summed E-state index contributed by atoms with van der Waals surface area (Å²) in [5.41, 5.74) is 2.30. The van der Waals surface area contributed by atoms with Crippen molar-refractivity contribution in [2.75, 3.05) is 13.2 Å². The molecular weight excluding hydrogens is 498 g/mol. The zero-order chi connectivity index (χ0) is 27.1. The third kappa shape index (κ3) is 6.08. The number of amides is 1. The first-order valence-electron chi connectivity index (χ1n) is 13.2. The molecule has 0 saturated heterocycles. The smallest absolute Gasteiger partial charge is 0.266 e. The highest BCUT2D eigenvalue weighted by atomic mass is 35.5. The van der Waals surface area contributed by atoms with Gasteiger partial charge in [-0.2, -0.15) is 0 Å². The van der Waals surface area contributed by atoms with E-state index in [4.69, 9.17) is 21.3 Å². The van der Waals surface area contributed by atoms with Gasteiger partial charge in [-0.3, -0.25) is 14.2 Å². The highest BCUT2D eigenvalue weighted by Gasteiger charge is 2.27. The van der Waals surface area contributed by atoms with Gasteiger partial charge in [0.1, 0.15) is 11.6 Å². The Morgan fingerprint density at radius 1 is 1.00 bits per heavy atom. The summed E-state index contributed by atoms with van der Waals surface area (Å²) >= 11 is 5.98. The van der Waals surface area contributed by atoms with Crippen molar-refractivity contribution in [3.63, 3.8) is 0 Å². The predicted molar refractivity (Wildman–Crippen MR) is 153 cm³/mol. The molecule has 0 radical (unpaired) electrons. The van der Waals surface area contributed by atoms with Crippen molar-refractivity contribution in [1.82, 2.24) is 14.5 Å². The van der Waals surface area contributed by atoms with Crippen LogP contribution in [0.25, 0.3) is 16.6 Å². The summed E-state index contributed by atoms with van der Waals surface area (Å²) in [5.74, 6) is 0.939. The average molecular weight is 532 g/mol. The molecular formula is C31H34ClN3O3. The number of aromatic nitrogens is 2. The molecule has 0 spiro atoms. The summed E-state index contributed by atoms with van der Waals surface area (Å²) in [7, 11) is 0. The zero-order valence-corrected chi connectivity index (χ0v) is 22.9. The minimum absolute atomic E-state index is 0.124. The van der Waals surface area contributed by atoms with Crippen LogP contribution in [0.2, 0.25) is 5.02 Å². The van der Waals surface area contributed by atoms with Crippen LogP contribution in [0.4, 0.5) is 0 Å². The molecule has 6 nitrogen and oxygen atoms in total. The molecule has 1 aromatic heterocycles. The molecule has 1 unspecified atom stereocenters. The first kappa shape index (κ1) is 27.4. The minimum Gasteiger partial charge on any atom is -0.484 e. The van der Waals surface area contributed by atoms with E-state index in [0.717, 1.165) is 36.9 Å². The zero-order valence-electron chi connectivity index (χ0n) is 22.2. The Kier molecular flexibility index (Phi) is 9.19. The van der Waals surface area contributed by atoms with Crippen molar-refractivity contribution in [3.8, 4) is 11.4 Å². The Balaban J connectivity index is 1.77. The number of halogens is 1. The Morgan fingerprint density at radius 2 is 1.71 bits per heavy atom. The highest BCUT2D eigenvalue weighted by molar-refractivity contribution is 6.30. The standard InChI is InChI=1S/C31H34ClN3O3/c1-4-6-11-20-34(29(36)21-38-25-18-16-24(32)17-19-25)22(3)30-33-27-14-9-8-13-26(27)31(37)35(30)28-15-10-7-12-23(28)5-2/h7-10,12-19,22H,4-6,11,20-21H2,1-3H3. The van der Waals surface area contributed by atoms with Gasteiger partial charge < -0.3 is 9.64 Å². The maximum absolute atomic E-state index is 13.9. The fraction of sp³-hybridized carbons (Fsp3) is 0.323. The number of para-hydroxylation sites is 2. The van der Waals surface area contributed by atoms with Crippen molar-refractivity contribution in [2.24, 2.45) is 0 Å². The molecule has 198 valence electrons. The number of ether oxygens (including phenoxy) is 1. The van der Waals surface area contributed by atoms with E-state index in [-0.39, 0.29) is 18.1 Å². The SMILES string of the molecule is CCCCCN(C(=O)COc1ccc(Cl)cc1)C(C)c1nc2ccccc2c(=O)n1-c1ccccc1CC. The van der Waals surface area contributed by atoms with Gasteiger partial charge in [-0.15, -0.1) is 0 Å². The van der Waals surface area contributed by atoms with Gasteiger partial charge in [-0.05, 0) is 67.8 Å². The second-order valence-electron chi connectivity index (χ2n) is 9.32. The van der Waals surface area contributed by atoms with E-state index in [1.807, 2.05) is 49.4 Å². The lowest BCUT2D eigenvalue weighted by molar-refractivity contribution is -0.135. The number of unbranched alkanes of at least 4 members (excludes halogenated alkanes) is 2. The van der Waals surface area contributed by atoms with Crippen LogP contribution in [-0.2, 0) is 11.2 Å². The van der Waals surface area contributed by atoms with Crippen LogP contribution in [0.15, 0.2) is 77.6 Å². The molecule has 0 saturated carbocycles. The summed E-state index contributed by atoms with van der Waals surface area (Å²) < 4.78 is 7.49. The fourth-order valence-corrected chi connectivity index (χ4v) is 4.78. The van der Waals surface area contributed by atoms with Crippen molar-refractivity contribution in [1.29, 1.82) is 0 Å². The van der Waals surface area contributed by atoms with E-state index < -0.39 is 6.04 Å². The summed E-state index contributed by atoms with van der Waals surface area (Å²) in [6.45, 7) is 6.55. The Morgan fingerprint density at radius 3 is 2.45 bits per heavy atom. The molecule has 4 rings (SSSR count). The number of nitrogens with zero attached hydrogens (tertiary/aromatic N) is 3. The number of benzene rings is 3. The highest BCUT2D eigenvalue weighted by Crippen LogP contribution is 2.26. The second kappa shape index (κ2) is 12.7. The van der Waals surface area contributed by atoms with Crippen LogP contribution in [0.3, 0.4) is 0 Å². The number of carbonyl (C=O) groups is 1. The molecule has 1 amide bonds. The molecule has 1 atom stereocenters. The van der Waals surface area contributed by atoms with Gasteiger partial charge in [0.05, 0.1) is 22.6 Å². The van der Waals surface area contributed by atoms with Crippen LogP contribution in [-0.4, -0.2) is 33.5 Å². The van der Waals surface area contributed by atoms with Crippen molar-refractivity contribution >= 4 is 28.4 Å². The molecule has 4 aromatic rings. The first-order chi connectivity index (χ1) is 18.4. The molecule has 0 N–H and O–H groups in total. The van der Waals surface area contributed by atoms with Crippen molar-refractivity contribution in [2.45, 2.75) is 52.5 Å². The Hall–Kier alpha value is -3.64. The lowest BCUT2D eigenvalue weighted by Gasteiger charge is -2.31. The van der Waals surface area contributed by atoms with E-state index in [9.17, 15) is 9.59 Å². The van der Waals surface area contributed by atoms with Crippen LogP contribution >= 0.6 is 11.6 Å². The van der Waals surface area contributed by atoms with Gasteiger partial charge >= 0.3 is 0 Å². The van der Waals surface area contributed by atoms with Crippen LogP contribution < -0.4 is 10.3 Å². The molecule has 1 heterocycles. The molecule has 0 aliphatic rings. The predicted octanol–water partition coefficient (Wildman–Crippen LogP) is 6.76. The molecule has 3 aromatic carbocycles. The third-order valence-electron chi connectivity index (χ3n) is 6.76. The normalized spacial score (nSPS) is 11.9. The minimum atomic E-state index is -0.463. The number of hydrogen-bond acceptors (Lipinski definition) is 4. The van der Waals surface area contributed by atoms with Crippen molar-refractivity contribution in [3.05, 3.63) is 99.6 Å². The average Bonchev–Trinajstić information content (AvgIpc) is 2.94. The van der Waals surface area contributed by atoms with E-state index in [1.165, 1.54) is 0 Å². The van der Waals surface area contributed by atoms with E-state index in [0.29, 0.717) is 34.0 Å². The maximum Gasteiger partial charge on any atom is 0.266 e. The number of fused-ring (bicyclic) bond motifs is 1. The van der Waals surface area contributed by atoms with Gasteiger partial charge in [0, 0.05) is 11.6 Å².